The lowest BCUT2D eigenvalue weighted by molar-refractivity contribution is -0.287. The van der Waals surface area contributed by atoms with Gasteiger partial charge in [0, 0.05) is 24.3 Å². The number of rotatable bonds is 5. The summed E-state index contributed by atoms with van der Waals surface area (Å²) in [5.74, 6) is -4.70. The number of hydrogen-bond donors (Lipinski definition) is 0. The van der Waals surface area contributed by atoms with Crippen molar-refractivity contribution in [3.63, 3.8) is 0 Å². The summed E-state index contributed by atoms with van der Waals surface area (Å²) < 4.78 is 76.4. The lowest BCUT2D eigenvalue weighted by atomic mass is 10.1. The lowest BCUT2D eigenvalue weighted by Gasteiger charge is -2.20. The largest absolute Gasteiger partial charge is 0.455 e. The van der Waals surface area contributed by atoms with E-state index in [2.05, 4.69) is 9.97 Å². The molecule has 0 saturated heterocycles. The molecule has 3 aromatic rings. The van der Waals surface area contributed by atoms with Crippen LogP contribution in [0.3, 0.4) is 0 Å². The molecule has 0 aliphatic rings. The molecule has 5 nitrogen and oxygen atoms in total. The van der Waals surface area contributed by atoms with Crippen molar-refractivity contribution in [3.8, 4) is 11.4 Å². The quantitative estimate of drug-likeness (QED) is 0.577. The van der Waals surface area contributed by atoms with Gasteiger partial charge in [-0.25, -0.2) is 0 Å². The summed E-state index contributed by atoms with van der Waals surface area (Å²) in [6, 6.07) is 5.94. The molecule has 3 heterocycles. The van der Waals surface area contributed by atoms with Crippen LogP contribution >= 0.6 is 0 Å². The van der Waals surface area contributed by atoms with Crippen molar-refractivity contribution in [1.29, 1.82) is 0 Å². The van der Waals surface area contributed by atoms with Gasteiger partial charge in [0.15, 0.2) is 0 Å². The van der Waals surface area contributed by atoms with E-state index in [1.807, 2.05) is 0 Å². The maximum Gasteiger partial charge on any atom is 0.455 e. The standard InChI is InChI=1S/C18H14F5N3O2S/c1-2-29(28)14-4-3-6-24-15(14)13-8-11-5-7-26(16(27)12(11)9-25-13)10-17(19,20)18(21,22)23/h3-9H,2,10H2,1H3. The Morgan fingerprint density at radius 3 is 2.52 bits per heavy atom. The van der Waals surface area contributed by atoms with Crippen molar-refractivity contribution >= 4 is 21.6 Å². The number of pyridine rings is 3. The van der Waals surface area contributed by atoms with Crippen LogP contribution < -0.4 is 5.56 Å². The van der Waals surface area contributed by atoms with Gasteiger partial charge < -0.3 is 4.57 Å². The van der Waals surface area contributed by atoms with Crippen LogP contribution in [-0.2, 0) is 17.3 Å². The average molecular weight is 431 g/mol. The molecular weight excluding hydrogens is 417 g/mol. The molecule has 0 fully saturated rings. The molecule has 1 atom stereocenters. The van der Waals surface area contributed by atoms with Gasteiger partial charge in [0.25, 0.3) is 5.56 Å². The zero-order valence-electron chi connectivity index (χ0n) is 14.9. The lowest BCUT2D eigenvalue weighted by Crippen LogP contribution is -2.42. The van der Waals surface area contributed by atoms with Crippen molar-refractivity contribution in [1.82, 2.24) is 14.5 Å². The summed E-state index contributed by atoms with van der Waals surface area (Å²) in [5, 5.41) is 0.161. The summed E-state index contributed by atoms with van der Waals surface area (Å²) in [4.78, 5) is 21.1. The van der Waals surface area contributed by atoms with Crippen LogP contribution in [0.5, 0.6) is 0 Å². The number of nitrogens with zero attached hydrogens (tertiary/aromatic N) is 3. The Balaban J connectivity index is 2.07. The fourth-order valence-electron chi connectivity index (χ4n) is 2.66. The molecule has 0 radical (unpaired) electrons. The van der Waals surface area contributed by atoms with Crippen molar-refractivity contribution in [2.75, 3.05) is 5.75 Å². The fraction of sp³-hybridized carbons (Fsp3) is 0.278. The number of aromatic nitrogens is 3. The van der Waals surface area contributed by atoms with Crippen LogP contribution in [0.15, 0.2) is 52.5 Å². The highest BCUT2D eigenvalue weighted by molar-refractivity contribution is 7.85. The minimum atomic E-state index is -5.77. The second-order valence-electron chi connectivity index (χ2n) is 6.09. The molecular formula is C18H14F5N3O2S. The molecule has 0 N–H and O–H groups in total. The third kappa shape index (κ3) is 4.04. The van der Waals surface area contributed by atoms with Gasteiger partial charge in [0.1, 0.15) is 5.69 Å². The molecule has 3 aromatic heterocycles. The van der Waals surface area contributed by atoms with Crippen LogP contribution in [0.1, 0.15) is 6.92 Å². The Kier molecular flexibility index (Phi) is 5.52. The van der Waals surface area contributed by atoms with Gasteiger partial charge in [-0.2, -0.15) is 22.0 Å². The Morgan fingerprint density at radius 2 is 1.86 bits per heavy atom. The molecule has 0 spiro atoms. The summed E-state index contributed by atoms with van der Waals surface area (Å²) in [7, 11) is -1.32. The smallest absolute Gasteiger partial charge is 0.308 e. The van der Waals surface area contributed by atoms with E-state index in [0.717, 1.165) is 12.4 Å². The van der Waals surface area contributed by atoms with Crippen molar-refractivity contribution in [2.24, 2.45) is 0 Å². The number of halogens is 5. The average Bonchev–Trinajstić information content (AvgIpc) is 2.68. The molecule has 0 aliphatic heterocycles. The van der Waals surface area contributed by atoms with Crippen molar-refractivity contribution in [2.45, 2.75) is 30.5 Å². The van der Waals surface area contributed by atoms with Crippen molar-refractivity contribution in [3.05, 3.63) is 53.2 Å². The van der Waals surface area contributed by atoms with E-state index in [1.54, 1.807) is 19.1 Å². The van der Waals surface area contributed by atoms with Gasteiger partial charge in [-0.3, -0.25) is 19.0 Å². The van der Waals surface area contributed by atoms with E-state index >= 15 is 0 Å². The van der Waals surface area contributed by atoms with Gasteiger partial charge in [0.2, 0.25) is 0 Å². The maximum atomic E-state index is 13.3. The van der Waals surface area contributed by atoms with Crippen LogP contribution in [-0.4, -0.2) is 36.6 Å². The summed E-state index contributed by atoms with van der Waals surface area (Å²) in [6.07, 6.45) is -2.33. The molecule has 11 heteroatoms. The normalized spacial score (nSPS) is 13.6. The van der Waals surface area contributed by atoms with Gasteiger partial charge in [-0.05, 0) is 29.7 Å². The highest BCUT2D eigenvalue weighted by atomic mass is 32.2. The predicted octanol–water partition coefficient (Wildman–Crippen LogP) is 3.78. The molecule has 29 heavy (non-hydrogen) atoms. The number of fused-ring (bicyclic) bond motifs is 1. The van der Waals surface area contributed by atoms with E-state index in [9.17, 15) is 31.0 Å². The predicted molar refractivity (Wildman–Crippen MR) is 97.2 cm³/mol. The SMILES string of the molecule is CCS(=O)c1cccnc1-c1cc2ccn(CC(F)(F)C(F)(F)F)c(=O)c2cn1. The first-order valence-electron chi connectivity index (χ1n) is 8.32. The van der Waals surface area contributed by atoms with E-state index in [1.165, 1.54) is 18.3 Å². The third-order valence-corrected chi connectivity index (χ3v) is 5.51. The topological polar surface area (TPSA) is 64.8 Å². The highest BCUT2D eigenvalue weighted by Crippen LogP contribution is 2.36. The van der Waals surface area contributed by atoms with Crippen LogP contribution in [0, 0.1) is 0 Å². The summed E-state index contributed by atoms with van der Waals surface area (Å²) in [5.41, 5.74) is -0.390. The summed E-state index contributed by atoms with van der Waals surface area (Å²) >= 11 is 0. The van der Waals surface area contributed by atoms with Gasteiger partial charge in [0.05, 0.1) is 33.3 Å². The first-order chi connectivity index (χ1) is 13.5. The molecule has 0 aliphatic carbocycles. The number of alkyl halides is 5. The second-order valence-corrected chi connectivity index (χ2v) is 7.80. The van der Waals surface area contributed by atoms with Gasteiger partial charge in [-0.15, -0.1) is 0 Å². The van der Waals surface area contributed by atoms with E-state index in [0.29, 0.717) is 26.6 Å². The Bertz CT molecular complexity index is 1140. The van der Waals surface area contributed by atoms with Gasteiger partial charge >= 0.3 is 12.1 Å². The van der Waals surface area contributed by atoms with Crippen LogP contribution in [0.2, 0.25) is 0 Å². The highest BCUT2D eigenvalue weighted by Gasteiger charge is 2.57. The molecule has 0 amide bonds. The Labute approximate surface area is 163 Å². The summed E-state index contributed by atoms with van der Waals surface area (Å²) in [6.45, 7) is -0.0905. The second kappa shape index (κ2) is 7.62. The maximum absolute atomic E-state index is 13.3. The minimum absolute atomic E-state index is 0.122. The molecule has 0 bridgehead atoms. The van der Waals surface area contributed by atoms with Crippen molar-refractivity contribution < 1.29 is 26.2 Å². The molecule has 3 rings (SSSR count). The molecule has 1 unspecified atom stereocenters. The molecule has 0 aromatic carbocycles. The zero-order chi connectivity index (χ0) is 21.4. The molecule has 154 valence electrons. The Morgan fingerprint density at radius 1 is 1.14 bits per heavy atom. The molecule has 0 saturated carbocycles. The van der Waals surface area contributed by atoms with E-state index < -0.39 is 35.0 Å². The fourth-order valence-corrected chi connectivity index (χ4v) is 3.57. The van der Waals surface area contributed by atoms with E-state index in [4.69, 9.17) is 0 Å². The van der Waals surface area contributed by atoms with Crippen LogP contribution in [0.4, 0.5) is 22.0 Å². The zero-order valence-corrected chi connectivity index (χ0v) is 15.7. The van der Waals surface area contributed by atoms with Gasteiger partial charge in [-0.1, -0.05) is 6.92 Å². The van der Waals surface area contributed by atoms with E-state index in [-0.39, 0.29) is 10.8 Å². The monoisotopic (exact) mass is 431 g/mol. The number of hydrogen-bond acceptors (Lipinski definition) is 4. The third-order valence-electron chi connectivity index (χ3n) is 4.17. The minimum Gasteiger partial charge on any atom is -0.308 e. The first-order valence-corrected chi connectivity index (χ1v) is 9.64. The van der Waals surface area contributed by atoms with Crippen LogP contribution in [0.25, 0.3) is 22.2 Å². The first kappa shape index (κ1) is 21.0. The Hall–Kier alpha value is -2.69.